The van der Waals surface area contributed by atoms with Gasteiger partial charge >= 0.3 is 5.97 Å². The second-order valence-corrected chi connectivity index (χ2v) is 8.77. The van der Waals surface area contributed by atoms with E-state index in [1.165, 1.54) is 77.0 Å². The number of carbonyl (C=O) groups is 1. The minimum absolute atomic E-state index is 0.334. The molecule has 4 heteroatoms. The molecule has 1 atom stereocenters. The van der Waals surface area contributed by atoms with Crippen LogP contribution >= 0.6 is 0 Å². The molecule has 31 heavy (non-hydrogen) atoms. The zero-order valence-electron chi connectivity index (χ0n) is 19.8. The molecule has 0 spiro atoms. The van der Waals surface area contributed by atoms with Crippen LogP contribution in [0.4, 0.5) is 0 Å². The number of unbranched alkanes of at least 4 members (excludes halogenated alkanes) is 13. The third kappa shape index (κ3) is 13.6. The Morgan fingerprint density at radius 2 is 1.19 bits per heavy atom. The Morgan fingerprint density at radius 3 is 1.65 bits per heavy atom. The molecule has 4 nitrogen and oxygen atoms in total. The van der Waals surface area contributed by atoms with Gasteiger partial charge in [-0.1, -0.05) is 127 Å². The first-order valence-corrected chi connectivity index (χ1v) is 12.7. The standard InChI is InChI=1S/C27H46O4/c1-2-3-4-5-6-7-8-9-10-11-12-13-14-18-21-26(24-19-16-15-17-20-24)27(30)31-25(22-28)23-29/h15-17,19-20,25-26,28-29H,2-14,18,21-23H2,1H3. The summed E-state index contributed by atoms with van der Waals surface area (Å²) in [4.78, 5) is 12.6. The lowest BCUT2D eigenvalue weighted by Crippen LogP contribution is -2.28. The predicted molar refractivity (Wildman–Crippen MR) is 128 cm³/mol. The first-order chi connectivity index (χ1) is 15.2. The van der Waals surface area contributed by atoms with Gasteiger partial charge in [0.2, 0.25) is 0 Å². The average molecular weight is 435 g/mol. The van der Waals surface area contributed by atoms with Crippen molar-refractivity contribution in [1.82, 2.24) is 0 Å². The Kier molecular flexibility index (Phi) is 17.2. The largest absolute Gasteiger partial charge is 0.457 e. The van der Waals surface area contributed by atoms with Crippen LogP contribution in [0.1, 0.15) is 115 Å². The molecule has 0 aliphatic rings. The molecule has 1 unspecified atom stereocenters. The predicted octanol–water partition coefficient (Wildman–Crippen LogP) is 6.54. The average Bonchev–Trinajstić information content (AvgIpc) is 2.80. The summed E-state index contributed by atoms with van der Waals surface area (Å²) in [7, 11) is 0. The van der Waals surface area contributed by atoms with E-state index in [9.17, 15) is 15.0 Å². The Labute approximate surface area is 190 Å². The summed E-state index contributed by atoms with van der Waals surface area (Å²) in [6.07, 6.45) is 18.2. The SMILES string of the molecule is CCCCCCCCCCCCCCCCC(C(=O)OC(CO)CO)c1ccccc1. The lowest BCUT2D eigenvalue weighted by atomic mass is 9.93. The maximum absolute atomic E-state index is 12.6. The molecule has 0 saturated carbocycles. The lowest BCUT2D eigenvalue weighted by molar-refractivity contribution is -0.155. The van der Waals surface area contributed by atoms with E-state index in [1.54, 1.807) is 0 Å². The minimum Gasteiger partial charge on any atom is -0.457 e. The first kappa shape index (κ1) is 27.6. The summed E-state index contributed by atoms with van der Waals surface area (Å²) in [5.74, 6) is -0.687. The molecule has 0 aromatic heterocycles. The Morgan fingerprint density at radius 1 is 0.742 bits per heavy atom. The molecule has 0 aliphatic heterocycles. The van der Waals surface area contributed by atoms with Crippen LogP contribution in [0, 0.1) is 0 Å². The fourth-order valence-electron chi connectivity index (χ4n) is 4.03. The summed E-state index contributed by atoms with van der Waals surface area (Å²) in [6.45, 7) is 1.55. The fraction of sp³-hybridized carbons (Fsp3) is 0.741. The molecule has 0 amide bonds. The van der Waals surface area contributed by atoms with Gasteiger partial charge in [0.1, 0.15) is 6.10 Å². The van der Waals surface area contributed by atoms with Crippen molar-refractivity contribution >= 4 is 5.97 Å². The molecule has 2 N–H and O–H groups in total. The molecule has 178 valence electrons. The molecule has 0 bridgehead atoms. The number of hydrogen-bond donors (Lipinski definition) is 2. The van der Waals surface area contributed by atoms with Crippen LogP contribution in [0.25, 0.3) is 0 Å². The summed E-state index contributed by atoms with van der Waals surface area (Å²) in [5.41, 5.74) is 0.942. The van der Waals surface area contributed by atoms with Crippen LogP contribution in [0.3, 0.4) is 0 Å². The molecule has 0 heterocycles. The zero-order valence-corrected chi connectivity index (χ0v) is 19.8. The number of benzene rings is 1. The van der Waals surface area contributed by atoms with Crippen LogP contribution in [0.15, 0.2) is 30.3 Å². The summed E-state index contributed by atoms with van der Waals surface area (Å²) < 4.78 is 5.30. The number of hydrogen-bond acceptors (Lipinski definition) is 4. The Balaban J connectivity index is 2.17. The van der Waals surface area contributed by atoms with E-state index in [-0.39, 0.29) is 25.1 Å². The lowest BCUT2D eigenvalue weighted by Gasteiger charge is -2.20. The summed E-state index contributed by atoms with van der Waals surface area (Å²) in [6, 6.07) is 9.68. The van der Waals surface area contributed by atoms with E-state index in [4.69, 9.17) is 4.74 Å². The maximum Gasteiger partial charge on any atom is 0.313 e. The van der Waals surface area contributed by atoms with Crippen molar-refractivity contribution in [3.05, 3.63) is 35.9 Å². The van der Waals surface area contributed by atoms with Crippen molar-refractivity contribution in [3.63, 3.8) is 0 Å². The van der Waals surface area contributed by atoms with Gasteiger partial charge < -0.3 is 14.9 Å². The molecule has 1 aromatic rings. The summed E-state index contributed by atoms with van der Waals surface area (Å²) >= 11 is 0. The van der Waals surface area contributed by atoms with E-state index < -0.39 is 6.10 Å². The quantitative estimate of drug-likeness (QED) is 0.181. The number of aliphatic hydroxyl groups excluding tert-OH is 2. The van der Waals surface area contributed by atoms with Gasteiger partial charge in [0.25, 0.3) is 0 Å². The van der Waals surface area contributed by atoms with Gasteiger partial charge in [-0.2, -0.15) is 0 Å². The molecule has 0 aliphatic carbocycles. The zero-order chi connectivity index (χ0) is 22.6. The van der Waals surface area contributed by atoms with E-state index in [2.05, 4.69) is 6.92 Å². The van der Waals surface area contributed by atoms with Gasteiger partial charge in [-0.3, -0.25) is 4.79 Å². The third-order valence-corrected chi connectivity index (χ3v) is 6.02. The highest BCUT2D eigenvalue weighted by Gasteiger charge is 2.24. The maximum atomic E-state index is 12.6. The van der Waals surface area contributed by atoms with Crippen LogP contribution in [-0.2, 0) is 9.53 Å². The molecule has 0 fully saturated rings. The number of rotatable bonds is 20. The highest BCUT2D eigenvalue weighted by Crippen LogP contribution is 2.25. The van der Waals surface area contributed by atoms with Gasteiger partial charge in [-0.15, -0.1) is 0 Å². The normalized spacial score (nSPS) is 12.3. The second kappa shape index (κ2) is 19.3. The monoisotopic (exact) mass is 434 g/mol. The number of ether oxygens (including phenoxy) is 1. The van der Waals surface area contributed by atoms with Crippen molar-refractivity contribution < 1.29 is 19.7 Å². The van der Waals surface area contributed by atoms with Crippen molar-refractivity contribution in [2.45, 2.75) is 115 Å². The van der Waals surface area contributed by atoms with Crippen molar-refractivity contribution in [3.8, 4) is 0 Å². The number of esters is 1. The molecule has 0 radical (unpaired) electrons. The minimum atomic E-state index is -0.838. The highest BCUT2D eigenvalue weighted by molar-refractivity contribution is 5.78. The molecule has 1 aromatic carbocycles. The first-order valence-electron chi connectivity index (χ1n) is 12.7. The van der Waals surface area contributed by atoms with Crippen molar-refractivity contribution in [2.75, 3.05) is 13.2 Å². The topological polar surface area (TPSA) is 66.8 Å². The van der Waals surface area contributed by atoms with E-state index >= 15 is 0 Å². The second-order valence-electron chi connectivity index (χ2n) is 8.77. The number of carbonyl (C=O) groups excluding carboxylic acids is 1. The van der Waals surface area contributed by atoms with Crippen LogP contribution in [0.5, 0.6) is 0 Å². The smallest absolute Gasteiger partial charge is 0.313 e. The van der Waals surface area contributed by atoms with Crippen molar-refractivity contribution in [1.29, 1.82) is 0 Å². The molecule has 0 saturated heterocycles. The molecule has 1 rings (SSSR count). The molecular weight excluding hydrogens is 388 g/mol. The third-order valence-electron chi connectivity index (χ3n) is 6.02. The number of aliphatic hydroxyl groups is 2. The van der Waals surface area contributed by atoms with Crippen LogP contribution in [0.2, 0.25) is 0 Å². The van der Waals surface area contributed by atoms with Gasteiger partial charge in [0.15, 0.2) is 0 Å². The van der Waals surface area contributed by atoms with Gasteiger partial charge in [-0.25, -0.2) is 0 Å². The van der Waals surface area contributed by atoms with E-state index in [0.29, 0.717) is 0 Å². The fourth-order valence-corrected chi connectivity index (χ4v) is 4.03. The van der Waals surface area contributed by atoms with Gasteiger partial charge in [0, 0.05) is 0 Å². The molecular formula is C27H46O4. The Hall–Kier alpha value is -1.39. The summed E-state index contributed by atoms with van der Waals surface area (Å²) in [5, 5.41) is 18.4. The highest BCUT2D eigenvalue weighted by atomic mass is 16.6. The van der Waals surface area contributed by atoms with Crippen molar-refractivity contribution in [2.24, 2.45) is 0 Å². The van der Waals surface area contributed by atoms with Crippen LogP contribution in [-0.4, -0.2) is 35.5 Å². The Bertz CT molecular complexity index is 527. The van der Waals surface area contributed by atoms with Gasteiger partial charge in [0.05, 0.1) is 19.1 Å². The van der Waals surface area contributed by atoms with E-state index in [1.807, 2.05) is 30.3 Å². The van der Waals surface area contributed by atoms with E-state index in [0.717, 1.165) is 24.8 Å². The van der Waals surface area contributed by atoms with Gasteiger partial charge in [-0.05, 0) is 12.0 Å². The van der Waals surface area contributed by atoms with Crippen LogP contribution < -0.4 is 0 Å².